The summed E-state index contributed by atoms with van der Waals surface area (Å²) in [6, 6.07) is 0.00404. The Balaban J connectivity index is 0.000000177. The number of aryl methyl sites for hydroxylation is 4. The number of nitrogens with one attached hydrogen (secondary N) is 2. The van der Waals surface area contributed by atoms with Crippen LogP contribution in [0.25, 0.3) is 45.1 Å². The normalized spacial score (nSPS) is 16.9. The third-order valence-corrected chi connectivity index (χ3v) is 10.8. The van der Waals surface area contributed by atoms with Crippen LogP contribution >= 0.6 is 0 Å². The Hall–Kier alpha value is -6.20. The number of amides is 2. The second kappa shape index (κ2) is 16.3. The summed E-state index contributed by atoms with van der Waals surface area (Å²) in [4.78, 5) is 55.7. The fourth-order valence-corrected chi connectivity index (χ4v) is 7.88. The Labute approximate surface area is 337 Å². The molecule has 2 saturated heterocycles. The van der Waals surface area contributed by atoms with Crippen LogP contribution in [0.2, 0.25) is 0 Å². The minimum absolute atomic E-state index is 0.0185. The van der Waals surface area contributed by atoms with Gasteiger partial charge >= 0.3 is 0 Å². The molecule has 8 heterocycles. The zero-order valence-corrected chi connectivity index (χ0v) is 35.0. The summed E-state index contributed by atoms with van der Waals surface area (Å²) in [6.45, 7) is 22.6. The molecule has 2 aliphatic rings. The van der Waals surface area contributed by atoms with E-state index in [9.17, 15) is 9.59 Å². The molecule has 2 N–H and O–H groups in total. The molecule has 18 nitrogen and oxygen atoms in total. The van der Waals surface area contributed by atoms with Gasteiger partial charge in [0.1, 0.15) is 24.3 Å². The molecule has 58 heavy (non-hydrogen) atoms. The highest BCUT2D eigenvalue weighted by Gasteiger charge is 2.32. The van der Waals surface area contributed by atoms with Crippen molar-refractivity contribution in [3.63, 3.8) is 0 Å². The van der Waals surface area contributed by atoms with Gasteiger partial charge in [0.25, 0.3) is 0 Å². The highest BCUT2D eigenvalue weighted by atomic mass is 16.2. The molecule has 6 aromatic rings. The van der Waals surface area contributed by atoms with Crippen LogP contribution in [-0.4, -0.2) is 118 Å². The van der Waals surface area contributed by atoms with E-state index in [4.69, 9.17) is 9.97 Å². The Kier molecular flexibility index (Phi) is 11.3. The largest absolute Gasteiger partial charge is 0.363 e. The molecule has 0 radical (unpaired) electrons. The van der Waals surface area contributed by atoms with Gasteiger partial charge in [-0.3, -0.25) is 19.0 Å². The van der Waals surface area contributed by atoms with Gasteiger partial charge in [-0.2, -0.15) is 10.2 Å². The number of carbonyl (C=O) groups excluding carboxylic acids is 2. The van der Waals surface area contributed by atoms with Crippen molar-refractivity contribution < 1.29 is 9.59 Å². The van der Waals surface area contributed by atoms with Gasteiger partial charge in [-0.25, -0.2) is 29.9 Å². The minimum Gasteiger partial charge on any atom is -0.363 e. The number of imidazole rings is 2. The molecule has 18 heteroatoms. The molecular weight excluding hydrogens is 737 g/mol. The van der Waals surface area contributed by atoms with Crippen molar-refractivity contribution >= 4 is 45.8 Å². The molecule has 2 fully saturated rings. The van der Waals surface area contributed by atoms with Crippen LogP contribution in [0.4, 0.5) is 11.6 Å². The number of hydrogen-bond acceptors (Lipinski definition) is 12. The second-order valence-corrected chi connectivity index (χ2v) is 15.7. The van der Waals surface area contributed by atoms with Crippen molar-refractivity contribution in [3.05, 3.63) is 48.6 Å². The summed E-state index contributed by atoms with van der Waals surface area (Å²) >= 11 is 0. The standard InChI is InChI=1S/C20H28N8O.C20H26N8O/c2*1-6-28-13(4)15(8-23-28)19-25-17-18(21-11-22-20(17)26(19)5)24-14-7-16(29)27(10-14)9-12(2)3/h8,11-12,14H,6-7,9-10H2,1-5H3,(H,21,22,24);8,11,14H,2,6-7,9-10H2,1,3-5H3,(H,21,22,24). The molecule has 8 rings (SSSR count). The van der Waals surface area contributed by atoms with Crippen LogP contribution in [-0.2, 0) is 36.8 Å². The lowest BCUT2D eigenvalue weighted by Crippen LogP contribution is -2.31. The number of nitrogens with zero attached hydrogens (tertiary/aromatic N) is 14. The first-order valence-electron chi connectivity index (χ1n) is 19.9. The predicted molar refractivity (Wildman–Crippen MR) is 223 cm³/mol. The van der Waals surface area contributed by atoms with E-state index in [1.807, 2.05) is 75.6 Å². The lowest BCUT2D eigenvalue weighted by atomic mass is 10.2. The van der Waals surface area contributed by atoms with Gasteiger partial charge < -0.3 is 29.6 Å². The molecule has 6 aromatic heterocycles. The summed E-state index contributed by atoms with van der Waals surface area (Å²) in [5, 5.41) is 15.7. The maximum atomic E-state index is 12.3. The fourth-order valence-electron chi connectivity index (χ4n) is 7.88. The predicted octanol–water partition coefficient (Wildman–Crippen LogP) is 4.37. The van der Waals surface area contributed by atoms with Crippen LogP contribution in [0.5, 0.6) is 0 Å². The summed E-state index contributed by atoms with van der Waals surface area (Å²) in [7, 11) is 3.89. The van der Waals surface area contributed by atoms with Crippen LogP contribution in [0, 0.1) is 19.8 Å². The molecule has 2 aliphatic heterocycles. The Morgan fingerprint density at radius 1 is 0.759 bits per heavy atom. The third-order valence-electron chi connectivity index (χ3n) is 10.8. The van der Waals surface area contributed by atoms with Gasteiger partial charge in [-0.1, -0.05) is 26.0 Å². The number of rotatable bonds is 12. The average molecular weight is 791 g/mol. The van der Waals surface area contributed by atoms with E-state index in [0.717, 1.165) is 70.7 Å². The maximum absolute atomic E-state index is 12.3. The van der Waals surface area contributed by atoms with Crippen molar-refractivity contribution in [1.29, 1.82) is 0 Å². The van der Waals surface area contributed by atoms with Crippen molar-refractivity contribution in [1.82, 2.24) is 68.4 Å². The second-order valence-electron chi connectivity index (χ2n) is 15.7. The minimum atomic E-state index is -0.0185. The van der Waals surface area contributed by atoms with Crippen LogP contribution in [0.1, 0.15) is 58.8 Å². The number of aromatic nitrogens is 12. The number of hydrogen-bond donors (Lipinski definition) is 2. The van der Waals surface area contributed by atoms with Gasteiger partial charge in [-0.05, 0) is 40.5 Å². The molecule has 2 atom stereocenters. The summed E-state index contributed by atoms with van der Waals surface area (Å²) < 4.78 is 7.82. The monoisotopic (exact) mass is 790 g/mol. The molecule has 2 amide bonds. The maximum Gasteiger partial charge on any atom is 0.225 e. The average Bonchev–Trinajstić information content (AvgIpc) is 4.03. The quantitative estimate of drug-likeness (QED) is 0.167. The zero-order valence-electron chi connectivity index (χ0n) is 35.0. The lowest BCUT2D eigenvalue weighted by molar-refractivity contribution is -0.128. The molecule has 306 valence electrons. The molecular formula is C40H54N16O2. The number of carbonyl (C=O) groups is 2. The zero-order chi connectivity index (χ0) is 41.4. The SMILES string of the molecule is C=C(C)CN1CC(Nc2ncnc3c2nc(-c2cnn(CC)c2C)n3C)CC1=O.CCn1ncc(-c2nc3c(NC4CC(=O)N(CC(C)C)C4)ncnc3n2C)c1C. The first-order valence-corrected chi connectivity index (χ1v) is 19.9. The lowest BCUT2D eigenvalue weighted by Gasteiger charge is -2.19. The highest BCUT2D eigenvalue weighted by molar-refractivity contribution is 5.89. The van der Waals surface area contributed by atoms with E-state index < -0.39 is 0 Å². The van der Waals surface area contributed by atoms with E-state index in [-0.39, 0.29) is 23.9 Å². The number of fused-ring (bicyclic) bond motifs is 2. The molecule has 2 unspecified atom stereocenters. The van der Waals surface area contributed by atoms with Gasteiger partial charge in [0.05, 0.1) is 35.6 Å². The topological polar surface area (TPSA) is 188 Å². The smallest absolute Gasteiger partial charge is 0.225 e. The summed E-state index contributed by atoms with van der Waals surface area (Å²) in [6.07, 6.45) is 7.66. The van der Waals surface area contributed by atoms with E-state index in [1.165, 1.54) is 6.33 Å². The molecule has 0 spiro atoms. The first-order chi connectivity index (χ1) is 27.8. The van der Waals surface area contributed by atoms with E-state index in [0.29, 0.717) is 61.1 Å². The van der Waals surface area contributed by atoms with Crippen LogP contribution < -0.4 is 10.6 Å². The van der Waals surface area contributed by atoms with Gasteiger partial charge in [0.2, 0.25) is 11.8 Å². The van der Waals surface area contributed by atoms with Crippen molar-refractivity contribution in [3.8, 4) is 22.8 Å². The number of likely N-dealkylation sites (tertiary alicyclic amines) is 2. The fraction of sp³-hybridized carbons (Fsp3) is 0.500. The Bertz CT molecular complexity index is 2490. The van der Waals surface area contributed by atoms with E-state index in [2.05, 4.69) is 75.0 Å². The molecule has 0 bridgehead atoms. The van der Waals surface area contributed by atoms with E-state index >= 15 is 0 Å². The Morgan fingerprint density at radius 3 is 1.62 bits per heavy atom. The summed E-state index contributed by atoms with van der Waals surface area (Å²) in [5.41, 5.74) is 7.96. The third kappa shape index (κ3) is 7.74. The van der Waals surface area contributed by atoms with Gasteiger partial charge in [-0.15, -0.1) is 0 Å². The van der Waals surface area contributed by atoms with Crippen molar-refractivity contribution in [2.75, 3.05) is 36.8 Å². The molecule has 0 aromatic carbocycles. The van der Waals surface area contributed by atoms with Crippen molar-refractivity contribution in [2.24, 2.45) is 20.0 Å². The van der Waals surface area contributed by atoms with Crippen LogP contribution in [0.3, 0.4) is 0 Å². The van der Waals surface area contributed by atoms with Crippen LogP contribution in [0.15, 0.2) is 37.2 Å². The van der Waals surface area contributed by atoms with E-state index in [1.54, 1.807) is 6.33 Å². The molecule has 0 aliphatic carbocycles. The first kappa shape index (κ1) is 40.0. The van der Waals surface area contributed by atoms with Crippen molar-refractivity contribution in [2.45, 2.75) is 86.5 Å². The number of anilines is 2. The van der Waals surface area contributed by atoms with Gasteiger partial charge in [0, 0.05) is 77.6 Å². The highest BCUT2D eigenvalue weighted by Crippen LogP contribution is 2.30. The van der Waals surface area contributed by atoms with Gasteiger partial charge in [0.15, 0.2) is 34.0 Å². The summed E-state index contributed by atoms with van der Waals surface area (Å²) in [5.74, 6) is 3.69. The molecule has 0 saturated carbocycles. The Morgan fingerprint density at radius 2 is 1.21 bits per heavy atom.